The number of carbonyl (C=O) groups excluding carboxylic acids is 1. The number of nitrogens with one attached hydrogen (secondary N) is 1. The van der Waals surface area contributed by atoms with Crippen LogP contribution in [0.3, 0.4) is 0 Å². The molecule has 0 unspecified atom stereocenters. The lowest BCUT2D eigenvalue weighted by atomic mass is 10.2. The molecule has 1 aliphatic heterocycles. The fraction of sp³-hybridized carbons (Fsp3) is 0.333. The van der Waals surface area contributed by atoms with Crippen LogP contribution in [0.1, 0.15) is 6.42 Å². The fourth-order valence-electron chi connectivity index (χ4n) is 1.83. The second-order valence-corrected chi connectivity index (χ2v) is 3.96. The molecule has 1 aromatic rings. The molecular weight excluding hydrogens is 238 g/mol. The maximum Gasteiger partial charge on any atom is 0.320 e. The number of rotatable bonds is 5. The highest BCUT2D eigenvalue weighted by atomic mass is 16.5. The number of carboxylic acid groups (broad SMARTS) is 1. The summed E-state index contributed by atoms with van der Waals surface area (Å²) >= 11 is 0. The number of benzene rings is 1. The molecule has 6 heteroatoms. The second kappa shape index (κ2) is 5.50. The van der Waals surface area contributed by atoms with E-state index in [9.17, 15) is 9.59 Å². The summed E-state index contributed by atoms with van der Waals surface area (Å²) < 4.78 is 10.3. The first-order valence-electron chi connectivity index (χ1n) is 5.52. The van der Waals surface area contributed by atoms with Crippen molar-refractivity contribution >= 4 is 12.4 Å². The van der Waals surface area contributed by atoms with E-state index in [1.165, 1.54) is 0 Å². The predicted octanol–water partition coefficient (Wildman–Crippen LogP) is 0.416. The molecule has 0 bridgehead atoms. The van der Waals surface area contributed by atoms with Crippen LogP contribution >= 0.6 is 0 Å². The zero-order chi connectivity index (χ0) is 13.0. The van der Waals surface area contributed by atoms with Gasteiger partial charge < -0.3 is 19.9 Å². The Hall–Kier alpha value is -2.08. The Bertz CT molecular complexity index is 431. The molecule has 1 heterocycles. The molecule has 1 aliphatic rings. The lowest BCUT2D eigenvalue weighted by Gasteiger charge is -2.12. The number of hydrogen-bond donors (Lipinski definition) is 2. The third kappa shape index (κ3) is 2.98. The minimum Gasteiger partial charge on any atom is -0.489 e. The van der Waals surface area contributed by atoms with Crippen LogP contribution in [-0.4, -0.2) is 36.2 Å². The highest BCUT2D eigenvalue weighted by Gasteiger charge is 2.30. The molecule has 1 saturated heterocycles. The molecule has 1 aromatic carbocycles. The summed E-state index contributed by atoms with van der Waals surface area (Å²) in [6, 6.07) is 6.02. The van der Waals surface area contributed by atoms with Gasteiger partial charge in [0.1, 0.15) is 23.6 Å². The van der Waals surface area contributed by atoms with Crippen LogP contribution in [0.5, 0.6) is 11.5 Å². The van der Waals surface area contributed by atoms with Gasteiger partial charge in [-0.2, -0.15) is 0 Å². The van der Waals surface area contributed by atoms with E-state index < -0.39 is 12.0 Å². The minimum atomic E-state index is -0.865. The van der Waals surface area contributed by atoms with Gasteiger partial charge in [-0.1, -0.05) is 0 Å². The van der Waals surface area contributed by atoms with Crippen molar-refractivity contribution in [3.8, 4) is 11.5 Å². The molecule has 96 valence electrons. The monoisotopic (exact) mass is 251 g/mol. The standard InChI is InChI=1S/C12H13NO5/c14-7-17-8-1-3-9(4-2-8)18-10-5-11(12(15)16)13-6-10/h1-4,7,10-11,13H,5-6H2,(H,15,16)/t10-,11-/m0/s1. The van der Waals surface area contributed by atoms with E-state index in [-0.39, 0.29) is 6.10 Å². The minimum absolute atomic E-state index is 0.163. The van der Waals surface area contributed by atoms with Crippen LogP contribution in [0, 0.1) is 0 Å². The van der Waals surface area contributed by atoms with E-state index in [2.05, 4.69) is 10.1 Å². The topological polar surface area (TPSA) is 84.9 Å². The molecule has 2 rings (SSSR count). The summed E-state index contributed by atoms with van der Waals surface area (Å²) in [6.07, 6.45) is 0.269. The Kier molecular flexibility index (Phi) is 3.78. The molecular formula is C12H13NO5. The Balaban J connectivity index is 1.90. The van der Waals surface area contributed by atoms with E-state index in [0.29, 0.717) is 30.9 Å². The van der Waals surface area contributed by atoms with Crippen molar-refractivity contribution in [1.29, 1.82) is 0 Å². The van der Waals surface area contributed by atoms with Gasteiger partial charge in [-0.3, -0.25) is 9.59 Å². The highest BCUT2D eigenvalue weighted by molar-refractivity contribution is 5.73. The van der Waals surface area contributed by atoms with Gasteiger partial charge in [-0.05, 0) is 24.3 Å². The van der Waals surface area contributed by atoms with E-state index in [1.54, 1.807) is 24.3 Å². The quantitative estimate of drug-likeness (QED) is 0.737. The Morgan fingerprint density at radius 1 is 1.33 bits per heavy atom. The second-order valence-electron chi connectivity index (χ2n) is 3.96. The summed E-state index contributed by atoms with van der Waals surface area (Å²) in [5.74, 6) is 0.187. The lowest BCUT2D eigenvalue weighted by Crippen LogP contribution is -2.30. The molecule has 2 N–H and O–H groups in total. The van der Waals surface area contributed by atoms with Crippen molar-refractivity contribution in [2.75, 3.05) is 6.54 Å². The smallest absolute Gasteiger partial charge is 0.320 e. The van der Waals surface area contributed by atoms with E-state index in [4.69, 9.17) is 9.84 Å². The predicted molar refractivity (Wildman–Crippen MR) is 61.6 cm³/mol. The lowest BCUT2D eigenvalue weighted by molar-refractivity contribution is -0.139. The molecule has 0 spiro atoms. The van der Waals surface area contributed by atoms with Gasteiger partial charge in [0.2, 0.25) is 0 Å². The summed E-state index contributed by atoms with van der Waals surface area (Å²) in [7, 11) is 0. The summed E-state index contributed by atoms with van der Waals surface area (Å²) in [4.78, 5) is 20.9. The zero-order valence-electron chi connectivity index (χ0n) is 9.54. The third-order valence-electron chi connectivity index (χ3n) is 2.70. The van der Waals surface area contributed by atoms with Crippen molar-refractivity contribution in [1.82, 2.24) is 5.32 Å². The summed E-state index contributed by atoms with van der Waals surface area (Å²) in [5.41, 5.74) is 0. The highest BCUT2D eigenvalue weighted by Crippen LogP contribution is 2.20. The van der Waals surface area contributed by atoms with E-state index in [0.717, 1.165) is 0 Å². The van der Waals surface area contributed by atoms with Crippen LogP contribution in [0.15, 0.2) is 24.3 Å². The first-order valence-corrected chi connectivity index (χ1v) is 5.52. The third-order valence-corrected chi connectivity index (χ3v) is 2.70. The molecule has 0 aromatic heterocycles. The van der Waals surface area contributed by atoms with Gasteiger partial charge in [0.05, 0.1) is 0 Å². The van der Waals surface area contributed by atoms with Gasteiger partial charge in [0.15, 0.2) is 0 Å². The normalized spacial score (nSPS) is 22.4. The van der Waals surface area contributed by atoms with Crippen LogP contribution < -0.4 is 14.8 Å². The average molecular weight is 251 g/mol. The van der Waals surface area contributed by atoms with Crippen molar-refractivity contribution in [3.05, 3.63) is 24.3 Å². The van der Waals surface area contributed by atoms with Crippen molar-refractivity contribution in [3.63, 3.8) is 0 Å². The maximum atomic E-state index is 10.7. The van der Waals surface area contributed by atoms with Crippen molar-refractivity contribution < 1.29 is 24.2 Å². The number of carboxylic acids is 1. The zero-order valence-corrected chi connectivity index (χ0v) is 9.54. The van der Waals surface area contributed by atoms with Gasteiger partial charge >= 0.3 is 5.97 Å². The Morgan fingerprint density at radius 2 is 2.00 bits per heavy atom. The van der Waals surface area contributed by atoms with Crippen LogP contribution in [0.4, 0.5) is 0 Å². The maximum absolute atomic E-state index is 10.7. The van der Waals surface area contributed by atoms with Crippen LogP contribution in [0.2, 0.25) is 0 Å². The summed E-state index contributed by atoms with van der Waals surface area (Å²) in [6.45, 7) is 0.859. The van der Waals surface area contributed by atoms with Gasteiger partial charge in [-0.25, -0.2) is 0 Å². The summed E-state index contributed by atoms with van der Waals surface area (Å²) in [5, 5.41) is 11.7. The Labute approximate surface area is 104 Å². The largest absolute Gasteiger partial charge is 0.489 e. The number of hydrogen-bond acceptors (Lipinski definition) is 5. The molecule has 0 saturated carbocycles. The first kappa shape index (κ1) is 12.4. The molecule has 1 fully saturated rings. The molecule has 0 amide bonds. The van der Waals surface area contributed by atoms with Gasteiger partial charge in [0, 0.05) is 13.0 Å². The molecule has 18 heavy (non-hydrogen) atoms. The fourth-order valence-corrected chi connectivity index (χ4v) is 1.83. The number of carbonyl (C=O) groups is 2. The number of aliphatic carboxylic acids is 1. The SMILES string of the molecule is O=COc1ccc(O[C@@H]2CN[C@H](C(=O)O)C2)cc1. The molecule has 0 radical (unpaired) electrons. The van der Waals surface area contributed by atoms with E-state index in [1.807, 2.05) is 0 Å². The van der Waals surface area contributed by atoms with Crippen LogP contribution in [0.25, 0.3) is 0 Å². The van der Waals surface area contributed by atoms with Crippen molar-refractivity contribution in [2.24, 2.45) is 0 Å². The van der Waals surface area contributed by atoms with E-state index >= 15 is 0 Å². The van der Waals surface area contributed by atoms with Gasteiger partial charge in [-0.15, -0.1) is 0 Å². The molecule has 0 aliphatic carbocycles. The average Bonchev–Trinajstić information content (AvgIpc) is 2.81. The molecule has 6 nitrogen and oxygen atoms in total. The molecule has 2 atom stereocenters. The number of ether oxygens (including phenoxy) is 2. The van der Waals surface area contributed by atoms with Crippen molar-refractivity contribution in [2.45, 2.75) is 18.6 Å². The first-order chi connectivity index (χ1) is 8.69. The van der Waals surface area contributed by atoms with Gasteiger partial charge in [0.25, 0.3) is 6.47 Å². The van der Waals surface area contributed by atoms with Crippen LogP contribution in [-0.2, 0) is 9.59 Å². The Morgan fingerprint density at radius 3 is 2.56 bits per heavy atom.